The molecule has 0 aromatic carbocycles. The smallest absolute Gasteiger partial charge is 0.141 e. The molecule has 0 aliphatic carbocycles. The summed E-state index contributed by atoms with van der Waals surface area (Å²) in [5.41, 5.74) is 6.76. The maximum Gasteiger partial charge on any atom is 0.141 e. The Kier molecular flexibility index (Phi) is 5.99. The fourth-order valence-corrected chi connectivity index (χ4v) is 2.69. The van der Waals surface area contributed by atoms with Gasteiger partial charge in [-0.05, 0) is 36.9 Å². The van der Waals surface area contributed by atoms with Crippen molar-refractivity contribution in [1.29, 1.82) is 0 Å². The summed E-state index contributed by atoms with van der Waals surface area (Å²) < 4.78 is 13.1. The lowest BCUT2D eigenvalue weighted by atomic mass is 9.90. The van der Waals surface area contributed by atoms with Gasteiger partial charge < -0.3 is 5.73 Å². The van der Waals surface area contributed by atoms with Gasteiger partial charge in [0.2, 0.25) is 0 Å². The van der Waals surface area contributed by atoms with Gasteiger partial charge in [0, 0.05) is 25.3 Å². The predicted octanol–water partition coefficient (Wildman–Crippen LogP) is 2.20. The molecule has 0 radical (unpaired) electrons. The lowest BCUT2D eigenvalue weighted by Gasteiger charge is -2.39. The lowest BCUT2D eigenvalue weighted by Crippen LogP contribution is -2.48. The van der Waals surface area contributed by atoms with E-state index < -0.39 is 0 Å². The normalized spacial score (nSPS) is 24.6. The highest BCUT2D eigenvalue weighted by Gasteiger charge is 2.27. The van der Waals surface area contributed by atoms with Crippen LogP contribution in [0.15, 0.2) is 18.5 Å². The Labute approximate surface area is 114 Å². The number of nitrogens with zero attached hydrogens (tertiary/aromatic N) is 2. The largest absolute Gasteiger partial charge is 0.329 e. The van der Waals surface area contributed by atoms with Crippen molar-refractivity contribution in [2.45, 2.75) is 32.4 Å². The van der Waals surface area contributed by atoms with Crippen molar-refractivity contribution in [1.82, 2.24) is 9.88 Å². The molecule has 1 saturated heterocycles. The van der Waals surface area contributed by atoms with E-state index in [1.807, 2.05) is 0 Å². The number of halogens is 2. The van der Waals surface area contributed by atoms with Gasteiger partial charge >= 0.3 is 0 Å². The summed E-state index contributed by atoms with van der Waals surface area (Å²) in [5.74, 6) is 0.354. The van der Waals surface area contributed by atoms with Crippen molar-refractivity contribution in [3.63, 3.8) is 0 Å². The SMILES string of the molecule is CC1CCCN(Cc2cncc(F)c2)C1CN.Cl. The van der Waals surface area contributed by atoms with Gasteiger partial charge in [-0.3, -0.25) is 9.88 Å². The molecular weight excluding hydrogens is 253 g/mol. The van der Waals surface area contributed by atoms with Crippen LogP contribution in [0.1, 0.15) is 25.3 Å². The number of pyridine rings is 1. The maximum atomic E-state index is 13.1. The third-order valence-electron chi connectivity index (χ3n) is 3.62. The Bertz CT molecular complexity index is 375. The first-order valence-corrected chi connectivity index (χ1v) is 6.24. The number of piperidine rings is 1. The number of hydrogen-bond donors (Lipinski definition) is 1. The Morgan fingerprint density at radius 2 is 2.28 bits per heavy atom. The second kappa shape index (κ2) is 7.02. The standard InChI is InChI=1S/C13H20FN3.ClH/c1-10-3-2-4-17(13(10)6-15)9-11-5-12(14)8-16-7-11;/h5,7-8,10,13H,2-4,6,9,15H2,1H3;1H. The van der Waals surface area contributed by atoms with Crippen molar-refractivity contribution in [2.24, 2.45) is 11.7 Å². The second-order valence-electron chi connectivity index (χ2n) is 4.90. The van der Waals surface area contributed by atoms with Gasteiger partial charge in [-0.1, -0.05) is 6.92 Å². The van der Waals surface area contributed by atoms with Crippen molar-refractivity contribution >= 4 is 12.4 Å². The van der Waals surface area contributed by atoms with Gasteiger partial charge in [-0.25, -0.2) is 4.39 Å². The molecule has 2 N–H and O–H groups in total. The van der Waals surface area contributed by atoms with Crippen LogP contribution in [0.2, 0.25) is 0 Å². The van der Waals surface area contributed by atoms with Crippen LogP contribution in [0.5, 0.6) is 0 Å². The van der Waals surface area contributed by atoms with Crippen LogP contribution in [0, 0.1) is 11.7 Å². The van der Waals surface area contributed by atoms with Gasteiger partial charge in [0.25, 0.3) is 0 Å². The number of nitrogens with two attached hydrogens (primary N) is 1. The molecule has 102 valence electrons. The lowest BCUT2D eigenvalue weighted by molar-refractivity contribution is 0.0989. The third-order valence-corrected chi connectivity index (χ3v) is 3.62. The quantitative estimate of drug-likeness (QED) is 0.918. The van der Waals surface area contributed by atoms with Crippen LogP contribution < -0.4 is 5.73 Å². The first kappa shape index (κ1) is 15.3. The molecule has 1 aliphatic rings. The average Bonchev–Trinajstić information content (AvgIpc) is 2.29. The molecule has 0 amide bonds. The number of aromatic nitrogens is 1. The topological polar surface area (TPSA) is 42.2 Å². The van der Waals surface area contributed by atoms with Gasteiger partial charge in [0.05, 0.1) is 6.20 Å². The van der Waals surface area contributed by atoms with E-state index in [-0.39, 0.29) is 18.2 Å². The molecule has 2 heterocycles. The number of likely N-dealkylation sites (tertiary alicyclic amines) is 1. The summed E-state index contributed by atoms with van der Waals surface area (Å²) in [7, 11) is 0. The molecule has 1 aromatic heterocycles. The van der Waals surface area contributed by atoms with E-state index in [0.717, 1.165) is 18.7 Å². The first-order chi connectivity index (χ1) is 8.20. The Hall–Kier alpha value is -0.710. The fourth-order valence-electron chi connectivity index (χ4n) is 2.69. The molecule has 0 spiro atoms. The van der Waals surface area contributed by atoms with Crippen molar-refractivity contribution in [2.75, 3.05) is 13.1 Å². The molecule has 2 atom stereocenters. The van der Waals surface area contributed by atoms with E-state index >= 15 is 0 Å². The zero-order valence-electron chi connectivity index (χ0n) is 10.7. The fraction of sp³-hybridized carbons (Fsp3) is 0.615. The van der Waals surface area contributed by atoms with Crippen LogP contribution in [-0.4, -0.2) is 29.0 Å². The van der Waals surface area contributed by atoms with Crippen LogP contribution in [0.25, 0.3) is 0 Å². The van der Waals surface area contributed by atoms with E-state index in [4.69, 9.17) is 5.73 Å². The average molecular weight is 274 g/mol. The molecule has 1 fully saturated rings. The van der Waals surface area contributed by atoms with Gasteiger partial charge in [0.1, 0.15) is 5.82 Å². The summed E-state index contributed by atoms with van der Waals surface area (Å²) in [5, 5.41) is 0. The van der Waals surface area contributed by atoms with E-state index in [1.54, 1.807) is 12.3 Å². The van der Waals surface area contributed by atoms with Crippen molar-refractivity contribution < 1.29 is 4.39 Å². The number of rotatable bonds is 3. The predicted molar refractivity (Wildman–Crippen MR) is 73.1 cm³/mol. The van der Waals surface area contributed by atoms with Gasteiger partial charge in [-0.15, -0.1) is 12.4 Å². The minimum absolute atomic E-state index is 0. The van der Waals surface area contributed by atoms with Gasteiger partial charge in [0.15, 0.2) is 0 Å². The number of hydrogen-bond acceptors (Lipinski definition) is 3. The summed E-state index contributed by atoms with van der Waals surface area (Å²) in [6.07, 6.45) is 5.40. The van der Waals surface area contributed by atoms with Crippen molar-refractivity contribution in [3.05, 3.63) is 29.8 Å². The minimum Gasteiger partial charge on any atom is -0.329 e. The molecule has 1 aliphatic heterocycles. The summed E-state index contributed by atoms with van der Waals surface area (Å²) in [4.78, 5) is 6.24. The van der Waals surface area contributed by atoms with Crippen LogP contribution in [0.4, 0.5) is 4.39 Å². The first-order valence-electron chi connectivity index (χ1n) is 6.24. The summed E-state index contributed by atoms with van der Waals surface area (Å²) in [6.45, 7) is 4.71. The maximum absolute atomic E-state index is 13.1. The molecule has 2 unspecified atom stereocenters. The summed E-state index contributed by atoms with van der Waals surface area (Å²) in [6, 6.07) is 1.96. The van der Waals surface area contributed by atoms with E-state index in [9.17, 15) is 4.39 Å². The zero-order valence-corrected chi connectivity index (χ0v) is 11.5. The minimum atomic E-state index is -0.267. The van der Waals surface area contributed by atoms with Crippen LogP contribution in [-0.2, 0) is 6.54 Å². The second-order valence-corrected chi connectivity index (χ2v) is 4.90. The van der Waals surface area contributed by atoms with Crippen LogP contribution >= 0.6 is 12.4 Å². The highest BCUT2D eigenvalue weighted by atomic mass is 35.5. The molecule has 0 bridgehead atoms. The zero-order chi connectivity index (χ0) is 12.3. The monoisotopic (exact) mass is 273 g/mol. The Morgan fingerprint density at radius 3 is 2.94 bits per heavy atom. The summed E-state index contributed by atoms with van der Waals surface area (Å²) >= 11 is 0. The molecule has 2 rings (SSSR count). The van der Waals surface area contributed by atoms with Crippen LogP contribution in [0.3, 0.4) is 0 Å². The van der Waals surface area contributed by atoms with E-state index in [1.165, 1.54) is 19.0 Å². The molecule has 0 saturated carbocycles. The van der Waals surface area contributed by atoms with E-state index in [2.05, 4.69) is 16.8 Å². The molecule has 1 aromatic rings. The van der Waals surface area contributed by atoms with E-state index in [0.29, 0.717) is 18.5 Å². The third kappa shape index (κ3) is 3.64. The molecule has 18 heavy (non-hydrogen) atoms. The van der Waals surface area contributed by atoms with Gasteiger partial charge in [-0.2, -0.15) is 0 Å². The highest BCUT2D eigenvalue weighted by molar-refractivity contribution is 5.85. The Morgan fingerprint density at radius 1 is 1.50 bits per heavy atom. The highest BCUT2D eigenvalue weighted by Crippen LogP contribution is 2.24. The molecule has 5 heteroatoms. The molecular formula is C13H21ClFN3. The molecule has 3 nitrogen and oxygen atoms in total. The Balaban J connectivity index is 0.00000162. The van der Waals surface area contributed by atoms with Crippen molar-refractivity contribution in [3.8, 4) is 0 Å².